The number of hydrogen-bond donors (Lipinski definition) is 1. The molecule has 0 saturated carbocycles. The second kappa shape index (κ2) is 4.56. The van der Waals surface area contributed by atoms with E-state index in [1.165, 1.54) is 0 Å². The number of rotatable bonds is 3. The average molecular weight is 256 g/mol. The van der Waals surface area contributed by atoms with E-state index < -0.39 is 0 Å². The van der Waals surface area contributed by atoms with Gasteiger partial charge in [0.25, 0.3) is 0 Å². The van der Waals surface area contributed by atoms with Gasteiger partial charge in [0.05, 0.1) is 32.1 Å². The molecule has 2 heterocycles. The molecule has 0 aliphatic heterocycles. The maximum Gasteiger partial charge on any atom is 0.162 e. The van der Waals surface area contributed by atoms with E-state index in [2.05, 4.69) is 20.4 Å². The fraction of sp³-hybridized carbons (Fsp3) is 0.154. The lowest BCUT2D eigenvalue weighted by Crippen LogP contribution is -1.93. The van der Waals surface area contributed by atoms with Crippen LogP contribution in [0.3, 0.4) is 0 Å². The summed E-state index contributed by atoms with van der Waals surface area (Å²) in [5, 5.41) is 15.8. The molecule has 96 valence electrons. The van der Waals surface area contributed by atoms with Gasteiger partial charge in [0, 0.05) is 28.8 Å². The molecule has 0 radical (unpaired) electrons. The molecule has 0 aliphatic rings. The molecule has 0 bridgehead atoms. The molecule has 1 N–H and O–H groups in total. The lowest BCUT2D eigenvalue weighted by molar-refractivity contribution is 0.356. The van der Waals surface area contributed by atoms with Crippen LogP contribution in [0.5, 0.6) is 11.5 Å². The van der Waals surface area contributed by atoms with Crippen molar-refractivity contribution in [3.05, 3.63) is 30.7 Å². The van der Waals surface area contributed by atoms with Crippen LogP contribution in [-0.4, -0.2) is 34.6 Å². The third-order valence-corrected chi connectivity index (χ3v) is 2.95. The Kier molecular flexibility index (Phi) is 2.75. The van der Waals surface area contributed by atoms with E-state index >= 15 is 0 Å². The Morgan fingerprint density at radius 3 is 2.53 bits per heavy atom. The summed E-state index contributed by atoms with van der Waals surface area (Å²) in [7, 11) is 3.20. The highest BCUT2D eigenvalue weighted by Crippen LogP contribution is 2.35. The molecular formula is C13H12N4O2. The molecule has 2 aromatic heterocycles. The van der Waals surface area contributed by atoms with E-state index in [1.807, 2.05) is 18.3 Å². The smallest absolute Gasteiger partial charge is 0.162 e. The van der Waals surface area contributed by atoms with Crippen molar-refractivity contribution in [1.82, 2.24) is 20.4 Å². The number of ether oxygens (including phenoxy) is 2. The van der Waals surface area contributed by atoms with E-state index in [9.17, 15) is 0 Å². The van der Waals surface area contributed by atoms with Gasteiger partial charge in [-0.15, -0.1) is 0 Å². The zero-order chi connectivity index (χ0) is 13.2. The van der Waals surface area contributed by atoms with Crippen LogP contribution in [0, 0.1) is 0 Å². The molecule has 3 rings (SSSR count). The number of fused-ring (bicyclic) bond motifs is 1. The second-order valence-electron chi connectivity index (χ2n) is 3.97. The third-order valence-electron chi connectivity index (χ3n) is 2.95. The van der Waals surface area contributed by atoms with Crippen molar-refractivity contribution < 1.29 is 9.47 Å². The summed E-state index contributed by atoms with van der Waals surface area (Å²) in [5.41, 5.74) is 2.64. The lowest BCUT2D eigenvalue weighted by Gasteiger charge is -2.10. The Morgan fingerprint density at radius 1 is 1.05 bits per heavy atom. The van der Waals surface area contributed by atoms with Crippen LogP contribution in [0.2, 0.25) is 0 Å². The van der Waals surface area contributed by atoms with Gasteiger partial charge in [-0.1, -0.05) is 0 Å². The summed E-state index contributed by atoms with van der Waals surface area (Å²) in [5.74, 6) is 1.29. The predicted molar refractivity (Wildman–Crippen MR) is 70.2 cm³/mol. The average Bonchev–Trinajstić information content (AvgIpc) is 2.99. The number of methoxy groups -OCH3 is 2. The fourth-order valence-corrected chi connectivity index (χ4v) is 2.01. The lowest BCUT2D eigenvalue weighted by atomic mass is 10.1. The molecule has 3 aromatic rings. The molecule has 6 nitrogen and oxygen atoms in total. The SMILES string of the molecule is COc1cc2nncc(-c3cn[nH]c3)c2cc1OC. The Morgan fingerprint density at radius 2 is 1.84 bits per heavy atom. The van der Waals surface area contributed by atoms with E-state index in [-0.39, 0.29) is 0 Å². The summed E-state index contributed by atoms with van der Waals surface area (Å²) in [6.45, 7) is 0. The highest BCUT2D eigenvalue weighted by atomic mass is 16.5. The van der Waals surface area contributed by atoms with Gasteiger partial charge >= 0.3 is 0 Å². The van der Waals surface area contributed by atoms with Gasteiger partial charge in [-0.05, 0) is 6.07 Å². The fourth-order valence-electron chi connectivity index (χ4n) is 2.01. The molecule has 0 saturated heterocycles. The normalized spacial score (nSPS) is 10.6. The first-order chi connectivity index (χ1) is 9.33. The maximum absolute atomic E-state index is 5.32. The van der Waals surface area contributed by atoms with E-state index in [4.69, 9.17) is 9.47 Å². The van der Waals surface area contributed by atoms with Crippen molar-refractivity contribution >= 4 is 10.9 Å². The summed E-state index contributed by atoms with van der Waals surface area (Å²) in [4.78, 5) is 0. The van der Waals surface area contributed by atoms with Crippen LogP contribution < -0.4 is 9.47 Å². The van der Waals surface area contributed by atoms with Crippen molar-refractivity contribution in [2.24, 2.45) is 0 Å². The van der Waals surface area contributed by atoms with Crippen LogP contribution >= 0.6 is 0 Å². The summed E-state index contributed by atoms with van der Waals surface area (Å²) in [6, 6.07) is 3.70. The van der Waals surface area contributed by atoms with Crippen LogP contribution in [0.15, 0.2) is 30.7 Å². The number of hydrogen-bond acceptors (Lipinski definition) is 5. The summed E-state index contributed by atoms with van der Waals surface area (Å²) < 4.78 is 10.6. The molecule has 0 unspecified atom stereocenters. The number of aromatic nitrogens is 4. The van der Waals surface area contributed by atoms with Gasteiger partial charge in [-0.25, -0.2) is 0 Å². The summed E-state index contributed by atoms with van der Waals surface area (Å²) in [6.07, 6.45) is 5.26. The van der Waals surface area contributed by atoms with E-state index in [1.54, 1.807) is 26.6 Å². The van der Waals surface area contributed by atoms with Crippen LogP contribution in [-0.2, 0) is 0 Å². The zero-order valence-corrected chi connectivity index (χ0v) is 10.5. The van der Waals surface area contributed by atoms with Gasteiger partial charge < -0.3 is 9.47 Å². The number of nitrogens with zero attached hydrogens (tertiary/aromatic N) is 3. The monoisotopic (exact) mass is 256 g/mol. The van der Waals surface area contributed by atoms with E-state index in [0.29, 0.717) is 11.5 Å². The molecule has 0 fully saturated rings. The van der Waals surface area contributed by atoms with Gasteiger partial charge in [0.2, 0.25) is 0 Å². The van der Waals surface area contributed by atoms with Gasteiger partial charge in [-0.2, -0.15) is 15.3 Å². The Balaban J connectivity index is 2.30. The quantitative estimate of drug-likeness (QED) is 0.776. The Hall–Kier alpha value is -2.63. The highest BCUT2D eigenvalue weighted by Gasteiger charge is 2.12. The molecule has 6 heteroatoms. The first kappa shape index (κ1) is 11.5. The van der Waals surface area contributed by atoms with Gasteiger partial charge in [0.1, 0.15) is 0 Å². The van der Waals surface area contributed by atoms with Crippen molar-refractivity contribution in [2.45, 2.75) is 0 Å². The number of nitrogens with one attached hydrogen (secondary N) is 1. The van der Waals surface area contributed by atoms with Crippen molar-refractivity contribution in [1.29, 1.82) is 0 Å². The van der Waals surface area contributed by atoms with Crippen molar-refractivity contribution in [2.75, 3.05) is 14.2 Å². The Labute approximate surface area is 109 Å². The Bertz CT molecular complexity index is 710. The third kappa shape index (κ3) is 1.87. The topological polar surface area (TPSA) is 72.9 Å². The maximum atomic E-state index is 5.32. The van der Waals surface area contributed by atoms with Crippen LogP contribution in [0.25, 0.3) is 22.0 Å². The second-order valence-corrected chi connectivity index (χ2v) is 3.97. The largest absolute Gasteiger partial charge is 0.493 e. The number of H-pyrrole nitrogens is 1. The van der Waals surface area contributed by atoms with Gasteiger partial charge in [0.15, 0.2) is 11.5 Å². The zero-order valence-electron chi connectivity index (χ0n) is 10.5. The first-order valence-corrected chi connectivity index (χ1v) is 5.70. The molecule has 19 heavy (non-hydrogen) atoms. The minimum Gasteiger partial charge on any atom is -0.493 e. The van der Waals surface area contributed by atoms with Crippen molar-refractivity contribution in [3.8, 4) is 22.6 Å². The number of aromatic amines is 1. The van der Waals surface area contributed by atoms with Crippen LogP contribution in [0.4, 0.5) is 0 Å². The summed E-state index contributed by atoms with van der Waals surface area (Å²) >= 11 is 0. The predicted octanol–water partition coefficient (Wildman–Crippen LogP) is 2.04. The molecule has 0 spiro atoms. The van der Waals surface area contributed by atoms with E-state index in [0.717, 1.165) is 22.0 Å². The molecule has 0 atom stereocenters. The molecule has 0 aliphatic carbocycles. The van der Waals surface area contributed by atoms with Crippen LogP contribution in [0.1, 0.15) is 0 Å². The van der Waals surface area contributed by atoms with Crippen molar-refractivity contribution in [3.63, 3.8) is 0 Å². The molecule has 1 aromatic carbocycles. The first-order valence-electron chi connectivity index (χ1n) is 5.70. The van der Waals surface area contributed by atoms with Gasteiger partial charge in [-0.3, -0.25) is 5.10 Å². The molecular weight excluding hydrogens is 244 g/mol. The standard InChI is InChI=1S/C13H12N4O2/c1-18-12-3-9-10(8-5-14-15-6-8)7-16-17-11(9)4-13(12)19-2/h3-7H,1-2H3,(H,14,15). The molecule has 0 amide bonds. The minimum atomic E-state index is 0.633. The number of benzene rings is 1. The highest BCUT2D eigenvalue weighted by molar-refractivity contribution is 5.95. The minimum absolute atomic E-state index is 0.633.